The zero-order valence-corrected chi connectivity index (χ0v) is 17.1. The van der Waals surface area contributed by atoms with Crippen LogP contribution < -0.4 is 9.44 Å². The molecule has 9 heteroatoms. The second kappa shape index (κ2) is 8.35. The first kappa shape index (κ1) is 21.3. The van der Waals surface area contributed by atoms with Crippen LogP contribution in [0, 0.1) is 0 Å². The summed E-state index contributed by atoms with van der Waals surface area (Å²) in [7, 11) is -7.33. The van der Waals surface area contributed by atoms with Crippen LogP contribution >= 0.6 is 0 Å². The molecule has 1 atom stereocenters. The summed E-state index contributed by atoms with van der Waals surface area (Å²) in [4.78, 5) is 0.106. The molecule has 0 radical (unpaired) electrons. The first-order valence-electron chi connectivity index (χ1n) is 8.82. The maximum Gasteiger partial charge on any atom is 0.240 e. The van der Waals surface area contributed by atoms with Crippen LogP contribution in [0.15, 0.2) is 34.1 Å². The molecule has 0 amide bonds. The van der Waals surface area contributed by atoms with Crippen LogP contribution in [0.4, 0.5) is 0 Å². The number of hydrogen-bond acceptors (Lipinski definition) is 5. The minimum absolute atomic E-state index is 0.0503. The van der Waals surface area contributed by atoms with Crippen LogP contribution in [0.5, 0.6) is 0 Å². The first-order chi connectivity index (χ1) is 12.1. The van der Waals surface area contributed by atoms with Crippen LogP contribution in [-0.2, 0) is 24.8 Å². The summed E-state index contributed by atoms with van der Waals surface area (Å²) in [6.45, 7) is 6.69. The van der Waals surface area contributed by atoms with Crippen LogP contribution in [0.1, 0.15) is 46.5 Å². The fourth-order valence-electron chi connectivity index (χ4n) is 2.88. The number of ether oxygens (including phenoxy) is 1. The van der Waals surface area contributed by atoms with Crippen molar-refractivity contribution in [2.24, 2.45) is 0 Å². The highest BCUT2D eigenvalue weighted by Crippen LogP contribution is 2.25. The van der Waals surface area contributed by atoms with E-state index in [1.807, 2.05) is 20.8 Å². The monoisotopic (exact) mass is 404 g/mol. The van der Waals surface area contributed by atoms with Gasteiger partial charge in [-0.3, -0.25) is 0 Å². The Morgan fingerprint density at radius 2 is 1.65 bits per heavy atom. The highest BCUT2D eigenvalue weighted by molar-refractivity contribution is 7.90. The fourth-order valence-corrected chi connectivity index (χ4v) is 5.23. The topological polar surface area (TPSA) is 102 Å². The Labute approximate surface area is 156 Å². The van der Waals surface area contributed by atoms with Crippen molar-refractivity contribution in [2.45, 2.75) is 67.9 Å². The van der Waals surface area contributed by atoms with Crippen LogP contribution in [0.3, 0.4) is 0 Å². The maximum absolute atomic E-state index is 12.6. The third-order valence-corrected chi connectivity index (χ3v) is 7.30. The average molecular weight is 405 g/mol. The molecule has 148 valence electrons. The second-order valence-electron chi connectivity index (χ2n) is 7.14. The molecule has 0 bridgehead atoms. The van der Waals surface area contributed by atoms with Crippen LogP contribution in [0.25, 0.3) is 0 Å². The van der Waals surface area contributed by atoms with Gasteiger partial charge >= 0.3 is 0 Å². The van der Waals surface area contributed by atoms with Gasteiger partial charge in [0.05, 0.1) is 15.4 Å². The Bertz CT molecular complexity index is 802. The Balaban J connectivity index is 2.09. The van der Waals surface area contributed by atoms with Crippen molar-refractivity contribution >= 4 is 20.0 Å². The molecule has 0 aromatic heterocycles. The van der Waals surface area contributed by atoms with Gasteiger partial charge in [0.2, 0.25) is 20.0 Å². The zero-order chi connectivity index (χ0) is 19.4. The van der Waals surface area contributed by atoms with Gasteiger partial charge in [-0.05, 0) is 57.4 Å². The zero-order valence-electron chi connectivity index (χ0n) is 15.5. The summed E-state index contributed by atoms with van der Waals surface area (Å²) >= 11 is 0. The number of sulfonamides is 2. The van der Waals surface area contributed by atoms with Crippen molar-refractivity contribution in [1.29, 1.82) is 0 Å². The van der Waals surface area contributed by atoms with Crippen molar-refractivity contribution in [3.63, 3.8) is 0 Å². The summed E-state index contributed by atoms with van der Waals surface area (Å²) in [5.41, 5.74) is -0.368. The van der Waals surface area contributed by atoms with Crippen molar-refractivity contribution in [3.8, 4) is 0 Å². The standard InChI is InChI=1S/C17H28N2O5S2/c1-4-5-11-18-25(20,21)15-6-8-16(9-7-15)26(22,23)19-14-10-12-24-17(2,3)13-14/h6-9,14,18-19H,4-5,10-13H2,1-3H3. The van der Waals surface area contributed by atoms with Gasteiger partial charge < -0.3 is 4.74 Å². The van der Waals surface area contributed by atoms with Gasteiger partial charge in [0, 0.05) is 19.2 Å². The molecule has 7 nitrogen and oxygen atoms in total. The number of nitrogens with one attached hydrogen (secondary N) is 2. The lowest BCUT2D eigenvalue weighted by atomic mass is 9.95. The van der Waals surface area contributed by atoms with Crippen LogP contribution in [-0.4, -0.2) is 41.6 Å². The van der Waals surface area contributed by atoms with Crippen molar-refractivity contribution in [1.82, 2.24) is 9.44 Å². The lowest BCUT2D eigenvalue weighted by Gasteiger charge is -2.35. The third-order valence-electron chi connectivity index (χ3n) is 4.29. The van der Waals surface area contributed by atoms with Crippen molar-refractivity contribution in [2.75, 3.05) is 13.2 Å². The predicted molar refractivity (Wildman–Crippen MR) is 99.9 cm³/mol. The fraction of sp³-hybridized carbons (Fsp3) is 0.647. The van der Waals surface area contributed by atoms with E-state index in [2.05, 4.69) is 9.44 Å². The first-order valence-corrected chi connectivity index (χ1v) is 11.8. The van der Waals surface area contributed by atoms with E-state index in [-0.39, 0.29) is 21.4 Å². The highest BCUT2D eigenvalue weighted by Gasteiger charge is 2.31. The smallest absolute Gasteiger partial charge is 0.240 e. The lowest BCUT2D eigenvalue weighted by Crippen LogP contribution is -2.45. The van der Waals surface area contributed by atoms with E-state index in [1.165, 1.54) is 24.3 Å². The molecule has 1 aliphatic heterocycles. The van der Waals surface area contributed by atoms with Crippen LogP contribution in [0.2, 0.25) is 0 Å². The Kier molecular flexibility index (Phi) is 6.84. The molecular weight excluding hydrogens is 376 g/mol. The molecule has 1 heterocycles. The predicted octanol–water partition coefficient (Wildman–Crippen LogP) is 2.00. The van der Waals surface area contributed by atoms with Gasteiger partial charge in [0.1, 0.15) is 0 Å². The number of hydrogen-bond donors (Lipinski definition) is 2. The number of benzene rings is 1. The van der Waals surface area contributed by atoms with E-state index in [9.17, 15) is 16.8 Å². The largest absolute Gasteiger partial charge is 0.375 e. The summed E-state index contributed by atoms with van der Waals surface area (Å²) in [6.07, 6.45) is 2.82. The Hall–Kier alpha value is -1.00. The second-order valence-corrected chi connectivity index (χ2v) is 10.6. The molecule has 1 unspecified atom stereocenters. The van der Waals surface area contributed by atoms with Crippen molar-refractivity contribution in [3.05, 3.63) is 24.3 Å². The van der Waals surface area contributed by atoms with E-state index in [0.29, 0.717) is 26.0 Å². The number of rotatable bonds is 8. The molecular formula is C17H28N2O5S2. The van der Waals surface area contributed by atoms with E-state index < -0.39 is 20.0 Å². The minimum Gasteiger partial charge on any atom is -0.375 e. The Morgan fingerprint density at radius 3 is 2.19 bits per heavy atom. The molecule has 0 saturated carbocycles. The van der Waals surface area contributed by atoms with E-state index in [1.54, 1.807) is 0 Å². The minimum atomic E-state index is -3.71. The molecule has 1 aromatic rings. The number of unbranched alkanes of at least 4 members (excludes halogenated alkanes) is 1. The van der Waals surface area contributed by atoms with Gasteiger partial charge in [-0.25, -0.2) is 26.3 Å². The molecule has 1 fully saturated rings. The lowest BCUT2D eigenvalue weighted by molar-refractivity contribution is -0.0599. The summed E-state index contributed by atoms with van der Waals surface area (Å²) in [6, 6.07) is 5.07. The van der Waals surface area contributed by atoms with E-state index in [4.69, 9.17) is 4.74 Å². The summed E-state index contributed by atoms with van der Waals surface area (Å²) in [5, 5.41) is 0. The van der Waals surface area contributed by atoms with Gasteiger partial charge in [-0.1, -0.05) is 13.3 Å². The maximum atomic E-state index is 12.6. The highest BCUT2D eigenvalue weighted by atomic mass is 32.2. The molecule has 2 rings (SSSR count). The molecule has 1 aromatic carbocycles. The third kappa shape index (κ3) is 5.75. The van der Waals surface area contributed by atoms with E-state index in [0.717, 1.165) is 12.8 Å². The summed E-state index contributed by atoms with van der Waals surface area (Å²) < 4.78 is 60.3. The SMILES string of the molecule is CCCCNS(=O)(=O)c1ccc(S(=O)(=O)NC2CCOC(C)(C)C2)cc1. The van der Waals surface area contributed by atoms with Crippen molar-refractivity contribution < 1.29 is 21.6 Å². The molecule has 26 heavy (non-hydrogen) atoms. The molecule has 0 aliphatic carbocycles. The normalized spacial score (nSPS) is 20.8. The summed E-state index contributed by atoms with van der Waals surface area (Å²) in [5.74, 6) is 0. The molecule has 1 aliphatic rings. The van der Waals surface area contributed by atoms with E-state index >= 15 is 0 Å². The van der Waals surface area contributed by atoms with Gasteiger partial charge in [0.25, 0.3) is 0 Å². The molecule has 2 N–H and O–H groups in total. The van der Waals surface area contributed by atoms with Gasteiger partial charge in [-0.15, -0.1) is 0 Å². The molecule has 1 saturated heterocycles. The Morgan fingerprint density at radius 1 is 1.08 bits per heavy atom. The quantitative estimate of drug-likeness (QED) is 0.645. The molecule has 0 spiro atoms. The van der Waals surface area contributed by atoms with Gasteiger partial charge in [0.15, 0.2) is 0 Å². The van der Waals surface area contributed by atoms with Gasteiger partial charge in [-0.2, -0.15) is 0 Å². The average Bonchev–Trinajstić information content (AvgIpc) is 2.54.